The van der Waals surface area contributed by atoms with Crippen LogP contribution in [0.15, 0.2) is 0 Å². The molecule has 2 amide bonds. The second-order valence-corrected chi connectivity index (χ2v) is 7.08. The zero-order valence-electron chi connectivity index (χ0n) is 14.0. The van der Waals surface area contributed by atoms with Crippen LogP contribution in [0.3, 0.4) is 0 Å². The highest BCUT2D eigenvalue weighted by Crippen LogP contribution is 2.22. The van der Waals surface area contributed by atoms with Crippen LogP contribution in [-0.2, 0) is 17.9 Å². The summed E-state index contributed by atoms with van der Waals surface area (Å²) in [6.07, 6.45) is 0.924. The van der Waals surface area contributed by atoms with Gasteiger partial charge in [-0.05, 0) is 30.0 Å². The van der Waals surface area contributed by atoms with Gasteiger partial charge in [-0.1, -0.05) is 20.8 Å². The predicted molar refractivity (Wildman–Crippen MR) is 88.3 cm³/mol. The van der Waals surface area contributed by atoms with Crippen LogP contribution in [0.25, 0.3) is 0 Å². The molecule has 3 N–H and O–H groups in total. The molecule has 1 aromatic heterocycles. The number of carbonyl (C=O) groups excluding carboxylic acids is 2. The third kappa shape index (κ3) is 3.84. The number of rotatable bonds is 3. The fraction of sp³-hybridized carbons (Fsp3) is 0.667. The van der Waals surface area contributed by atoms with E-state index in [1.54, 1.807) is 7.05 Å². The first-order valence-electron chi connectivity index (χ1n) is 7.73. The summed E-state index contributed by atoms with van der Waals surface area (Å²) in [6, 6.07) is -0.658. The summed E-state index contributed by atoms with van der Waals surface area (Å²) < 4.78 is 1.85. The van der Waals surface area contributed by atoms with Crippen LogP contribution >= 0.6 is 11.6 Å². The summed E-state index contributed by atoms with van der Waals surface area (Å²) in [5, 5.41) is 8.94. The first-order valence-corrected chi connectivity index (χ1v) is 8.11. The maximum atomic E-state index is 12.7. The standard InChI is InChI=1S/C15H24ClN5O2/c1-15(2,3)11(13(23)17-4)20-12(22)10-9-8-18-6-5-7-21(9)14(16)19-10/h11,18H,5-8H2,1-4H3,(H,17,23)(H,20,22). The Labute approximate surface area is 141 Å². The van der Waals surface area contributed by atoms with Gasteiger partial charge in [0.15, 0.2) is 5.69 Å². The molecule has 2 rings (SSSR count). The van der Waals surface area contributed by atoms with Gasteiger partial charge in [0.2, 0.25) is 11.2 Å². The zero-order chi connectivity index (χ0) is 17.2. The molecular weight excluding hydrogens is 318 g/mol. The minimum Gasteiger partial charge on any atom is -0.357 e. The van der Waals surface area contributed by atoms with Gasteiger partial charge in [-0.25, -0.2) is 4.98 Å². The summed E-state index contributed by atoms with van der Waals surface area (Å²) in [7, 11) is 1.55. The van der Waals surface area contributed by atoms with Gasteiger partial charge in [-0.2, -0.15) is 0 Å². The van der Waals surface area contributed by atoms with Crippen LogP contribution in [0.2, 0.25) is 5.28 Å². The first-order chi connectivity index (χ1) is 10.8. The number of halogens is 1. The van der Waals surface area contributed by atoms with Crippen molar-refractivity contribution in [2.75, 3.05) is 13.6 Å². The molecule has 0 radical (unpaired) electrons. The maximum Gasteiger partial charge on any atom is 0.272 e. The molecule has 0 spiro atoms. The highest BCUT2D eigenvalue weighted by Gasteiger charge is 2.34. The molecule has 0 fully saturated rings. The molecule has 1 aliphatic rings. The Bertz CT molecular complexity index is 606. The van der Waals surface area contributed by atoms with Gasteiger partial charge in [0.1, 0.15) is 6.04 Å². The second kappa shape index (κ2) is 6.88. The Balaban J connectivity index is 2.28. The third-order valence-corrected chi connectivity index (χ3v) is 4.21. The number of likely N-dealkylation sites (N-methyl/N-ethyl adjacent to an activating group) is 1. The van der Waals surface area contributed by atoms with E-state index >= 15 is 0 Å². The van der Waals surface area contributed by atoms with Gasteiger partial charge < -0.3 is 20.5 Å². The van der Waals surface area contributed by atoms with Crippen molar-refractivity contribution in [1.29, 1.82) is 0 Å². The average molecular weight is 342 g/mol. The van der Waals surface area contributed by atoms with Crippen molar-refractivity contribution >= 4 is 23.4 Å². The molecule has 8 heteroatoms. The molecule has 1 unspecified atom stereocenters. The molecule has 2 heterocycles. The number of amides is 2. The molecular formula is C15H24ClN5O2. The molecule has 128 valence electrons. The molecule has 0 aliphatic carbocycles. The lowest BCUT2D eigenvalue weighted by Crippen LogP contribution is -2.53. The minimum atomic E-state index is -0.658. The molecule has 1 aromatic rings. The van der Waals surface area contributed by atoms with Crippen molar-refractivity contribution in [1.82, 2.24) is 25.5 Å². The average Bonchev–Trinajstić information content (AvgIpc) is 2.67. The fourth-order valence-electron chi connectivity index (χ4n) is 2.63. The highest BCUT2D eigenvalue weighted by atomic mass is 35.5. The Morgan fingerprint density at radius 2 is 2.09 bits per heavy atom. The van der Waals surface area contributed by atoms with Gasteiger partial charge in [-0.3, -0.25) is 9.59 Å². The van der Waals surface area contributed by atoms with Crippen LogP contribution in [0.5, 0.6) is 0 Å². The number of nitrogens with one attached hydrogen (secondary N) is 3. The van der Waals surface area contributed by atoms with Crippen molar-refractivity contribution in [3.8, 4) is 0 Å². The van der Waals surface area contributed by atoms with E-state index in [9.17, 15) is 9.59 Å². The van der Waals surface area contributed by atoms with Crippen molar-refractivity contribution in [3.05, 3.63) is 16.7 Å². The van der Waals surface area contributed by atoms with E-state index < -0.39 is 11.5 Å². The molecule has 23 heavy (non-hydrogen) atoms. The van der Waals surface area contributed by atoms with Crippen LogP contribution in [0.4, 0.5) is 0 Å². The Morgan fingerprint density at radius 3 is 2.70 bits per heavy atom. The van der Waals surface area contributed by atoms with E-state index in [-0.39, 0.29) is 17.5 Å². The lowest BCUT2D eigenvalue weighted by molar-refractivity contribution is -0.124. The number of imidazole rings is 1. The maximum absolute atomic E-state index is 12.7. The lowest BCUT2D eigenvalue weighted by Gasteiger charge is -2.29. The van der Waals surface area contributed by atoms with Gasteiger partial charge in [0, 0.05) is 20.1 Å². The van der Waals surface area contributed by atoms with Crippen molar-refractivity contribution in [2.24, 2.45) is 5.41 Å². The summed E-state index contributed by atoms with van der Waals surface area (Å²) in [4.78, 5) is 28.9. The van der Waals surface area contributed by atoms with Gasteiger partial charge in [0.05, 0.1) is 5.69 Å². The Morgan fingerprint density at radius 1 is 1.39 bits per heavy atom. The number of hydrogen-bond acceptors (Lipinski definition) is 4. The van der Waals surface area contributed by atoms with Crippen molar-refractivity contribution < 1.29 is 9.59 Å². The monoisotopic (exact) mass is 341 g/mol. The summed E-state index contributed by atoms with van der Waals surface area (Å²) in [6.45, 7) is 7.81. The molecule has 0 aromatic carbocycles. The van der Waals surface area contributed by atoms with E-state index in [1.807, 2.05) is 25.3 Å². The van der Waals surface area contributed by atoms with Crippen LogP contribution in [0, 0.1) is 5.41 Å². The second-order valence-electron chi connectivity index (χ2n) is 6.74. The molecule has 7 nitrogen and oxygen atoms in total. The largest absolute Gasteiger partial charge is 0.357 e. The van der Waals surface area contributed by atoms with Crippen LogP contribution in [-0.4, -0.2) is 41.0 Å². The van der Waals surface area contributed by atoms with E-state index in [2.05, 4.69) is 20.9 Å². The van der Waals surface area contributed by atoms with E-state index in [0.29, 0.717) is 11.8 Å². The molecule has 0 bridgehead atoms. The summed E-state index contributed by atoms with van der Waals surface area (Å²) in [5.41, 5.74) is 0.617. The fourth-order valence-corrected chi connectivity index (χ4v) is 2.90. The van der Waals surface area contributed by atoms with Crippen LogP contribution in [0.1, 0.15) is 43.4 Å². The van der Waals surface area contributed by atoms with E-state index in [1.165, 1.54) is 0 Å². The first kappa shape index (κ1) is 17.7. The van der Waals surface area contributed by atoms with Gasteiger partial charge >= 0.3 is 0 Å². The van der Waals surface area contributed by atoms with E-state index in [0.717, 1.165) is 25.2 Å². The SMILES string of the molecule is CNC(=O)C(NC(=O)c1nc(Cl)n2c1CNCCC2)C(C)(C)C. The molecule has 0 saturated heterocycles. The number of carbonyl (C=O) groups is 2. The summed E-state index contributed by atoms with van der Waals surface area (Å²) in [5.74, 6) is -0.617. The van der Waals surface area contributed by atoms with Crippen molar-refractivity contribution in [3.63, 3.8) is 0 Å². The Hall–Kier alpha value is -1.60. The van der Waals surface area contributed by atoms with Gasteiger partial charge in [-0.15, -0.1) is 0 Å². The smallest absolute Gasteiger partial charge is 0.272 e. The minimum absolute atomic E-state index is 0.236. The van der Waals surface area contributed by atoms with Gasteiger partial charge in [0.25, 0.3) is 5.91 Å². The molecule has 1 aliphatic heterocycles. The summed E-state index contributed by atoms with van der Waals surface area (Å²) >= 11 is 6.16. The predicted octanol–water partition coefficient (Wildman–Crippen LogP) is 0.920. The van der Waals surface area contributed by atoms with Crippen LogP contribution < -0.4 is 16.0 Å². The Kier molecular flexibility index (Phi) is 5.31. The number of hydrogen-bond donors (Lipinski definition) is 3. The number of fused-ring (bicyclic) bond motifs is 1. The number of aromatic nitrogens is 2. The zero-order valence-corrected chi connectivity index (χ0v) is 14.8. The third-order valence-electron chi connectivity index (χ3n) is 3.92. The van der Waals surface area contributed by atoms with Crippen molar-refractivity contribution in [2.45, 2.75) is 46.3 Å². The number of nitrogens with zero attached hydrogens (tertiary/aromatic N) is 2. The molecule has 0 saturated carbocycles. The molecule has 1 atom stereocenters. The van der Waals surface area contributed by atoms with E-state index in [4.69, 9.17) is 11.6 Å². The lowest BCUT2D eigenvalue weighted by atomic mass is 9.86. The topological polar surface area (TPSA) is 88.1 Å². The quantitative estimate of drug-likeness (QED) is 0.763. The normalized spacial score (nSPS) is 16.2. The highest BCUT2D eigenvalue weighted by molar-refractivity contribution is 6.28.